The number of anilines is 2. The maximum atomic E-state index is 12.2. The molecule has 1 amide bonds. The van der Waals surface area contributed by atoms with Crippen LogP contribution in [0.25, 0.3) is 0 Å². The molecule has 0 aliphatic carbocycles. The van der Waals surface area contributed by atoms with E-state index in [0.717, 1.165) is 10.0 Å². The number of aryl methyl sites for hydroxylation is 1. The van der Waals surface area contributed by atoms with Crippen molar-refractivity contribution in [3.05, 3.63) is 57.0 Å². The number of nitrogen functional groups attached to an aromatic ring is 1. The Bertz CT molecular complexity index is 643. The van der Waals surface area contributed by atoms with Crippen LogP contribution in [0.3, 0.4) is 0 Å². The van der Waals surface area contributed by atoms with E-state index in [1.165, 1.54) is 0 Å². The lowest BCUT2D eigenvalue weighted by Gasteiger charge is -2.10. The largest absolute Gasteiger partial charge is 0.397 e. The van der Waals surface area contributed by atoms with Crippen LogP contribution < -0.4 is 11.1 Å². The number of benzene rings is 2. The van der Waals surface area contributed by atoms with E-state index < -0.39 is 0 Å². The van der Waals surface area contributed by atoms with Crippen LogP contribution in [0.2, 0.25) is 5.02 Å². The first-order chi connectivity index (χ1) is 8.97. The third kappa shape index (κ3) is 3.28. The van der Waals surface area contributed by atoms with Gasteiger partial charge in [-0.1, -0.05) is 33.6 Å². The van der Waals surface area contributed by atoms with Crippen molar-refractivity contribution in [3.8, 4) is 0 Å². The Morgan fingerprint density at radius 2 is 2.00 bits per heavy atom. The van der Waals surface area contributed by atoms with Gasteiger partial charge in [0.05, 0.1) is 11.4 Å². The summed E-state index contributed by atoms with van der Waals surface area (Å²) in [4.78, 5) is 12.2. The van der Waals surface area contributed by atoms with Gasteiger partial charge in [0.1, 0.15) is 0 Å². The van der Waals surface area contributed by atoms with Crippen molar-refractivity contribution in [3.63, 3.8) is 0 Å². The molecule has 98 valence electrons. The third-order valence-electron chi connectivity index (χ3n) is 2.71. The highest BCUT2D eigenvalue weighted by Crippen LogP contribution is 2.24. The van der Waals surface area contributed by atoms with Crippen LogP contribution in [0.15, 0.2) is 40.9 Å². The molecule has 2 aromatic carbocycles. The van der Waals surface area contributed by atoms with Crippen LogP contribution >= 0.6 is 27.5 Å². The van der Waals surface area contributed by atoms with Gasteiger partial charge in [-0.3, -0.25) is 4.79 Å². The molecule has 0 aromatic heterocycles. The van der Waals surface area contributed by atoms with Crippen molar-refractivity contribution in [2.45, 2.75) is 6.92 Å². The van der Waals surface area contributed by atoms with E-state index >= 15 is 0 Å². The van der Waals surface area contributed by atoms with Gasteiger partial charge in [0.15, 0.2) is 0 Å². The highest BCUT2D eigenvalue weighted by molar-refractivity contribution is 9.10. The van der Waals surface area contributed by atoms with Crippen LogP contribution in [0, 0.1) is 6.92 Å². The van der Waals surface area contributed by atoms with E-state index in [1.54, 1.807) is 24.3 Å². The first kappa shape index (κ1) is 13.9. The third-order valence-corrected chi connectivity index (χ3v) is 3.44. The Hall–Kier alpha value is -1.52. The molecule has 2 aromatic rings. The van der Waals surface area contributed by atoms with E-state index in [9.17, 15) is 4.79 Å². The molecule has 0 aliphatic heterocycles. The van der Waals surface area contributed by atoms with E-state index in [0.29, 0.717) is 22.0 Å². The number of carbonyl (C=O) groups is 1. The van der Waals surface area contributed by atoms with Crippen LogP contribution in [0.5, 0.6) is 0 Å². The van der Waals surface area contributed by atoms with Gasteiger partial charge < -0.3 is 11.1 Å². The molecular weight excluding hydrogens is 328 g/mol. The number of nitrogens with two attached hydrogens (primary N) is 1. The maximum absolute atomic E-state index is 12.2. The second-order valence-electron chi connectivity index (χ2n) is 4.14. The summed E-state index contributed by atoms with van der Waals surface area (Å²) in [6.45, 7) is 1.88. The highest BCUT2D eigenvalue weighted by Gasteiger charge is 2.11. The summed E-state index contributed by atoms with van der Waals surface area (Å²) in [7, 11) is 0. The Morgan fingerprint density at radius 3 is 2.74 bits per heavy atom. The lowest BCUT2D eigenvalue weighted by atomic mass is 10.1. The monoisotopic (exact) mass is 338 g/mol. The minimum atomic E-state index is -0.215. The van der Waals surface area contributed by atoms with Crippen molar-refractivity contribution in [2.24, 2.45) is 0 Å². The zero-order valence-electron chi connectivity index (χ0n) is 10.2. The number of rotatable bonds is 2. The lowest BCUT2D eigenvalue weighted by molar-refractivity contribution is 0.102. The molecule has 0 spiro atoms. The summed E-state index contributed by atoms with van der Waals surface area (Å²) in [5.74, 6) is -0.215. The van der Waals surface area contributed by atoms with Gasteiger partial charge in [-0.05, 0) is 42.8 Å². The molecule has 2 rings (SSSR count). The van der Waals surface area contributed by atoms with Crippen molar-refractivity contribution < 1.29 is 4.79 Å². The van der Waals surface area contributed by atoms with Gasteiger partial charge in [-0.2, -0.15) is 0 Å². The van der Waals surface area contributed by atoms with Gasteiger partial charge in [-0.15, -0.1) is 0 Å². The van der Waals surface area contributed by atoms with Gasteiger partial charge >= 0.3 is 0 Å². The van der Waals surface area contributed by atoms with Crippen LogP contribution in [-0.4, -0.2) is 5.91 Å². The minimum absolute atomic E-state index is 0.215. The number of carbonyl (C=O) groups excluding carboxylic acids is 1. The second kappa shape index (κ2) is 5.63. The van der Waals surface area contributed by atoms with E-state index in [-0.39, 0.29) is 5.91 Å². The molecule has 0 unspecified atom stereocenters. The zero-order chi connectivity index (χ0) is 14.0. The topological polar surface area (TPSA) is 55.1 Å². The molecule has 0 atom stereocenters. The molecule has 19 heavy (non-hydrogen) atoms. The van der Waals surface area contributed by atoms with Crippen LogP contribution in [0.1, 0.15) is 15.9 Å². The molecule has 0 radical (unpaired) electrons. The fraction of sp³-hybridized carbons (Fsp3) is 0.0714. The van der Waals surface area contributed by atoms with Crippen molar-refractivity contribution in [2.75, 3.05) is 11.1 Å². The first-order valence-electron chi connectivity index (χ1n) is 5.60. The smallest absolute Gasteiger partial charge is 0.256 e. The van der Waals surface area contributed by atoms with E-state index in [2.05, 4.69) is 21.2 Å². The fourth-order valence-corrected chi connectivity index (χ4v) is 2.20. The first-order valence-corrected chi connectivity index (χ1v) is 6.77. The molecule has 3 N–H and O–H groups in total. The number of nitrogens with one attached hydrogen (secondary N) is 1. The standard InChI is InChI=1S/C14H12BrClN2O/c1-8-2-3-9(15)6-11(8)14(19)18-13-7-10(16)4-5-12(13)17/h2-7H,17H2,1H3,(H,18,19). The Kier molecular flexibility index (Phi) is 4.12. The van der Waals surface area contributed by atoms with Crippen molar-refractivity contribution in [1.82, 2.24) is 0 Å². The van der Waals surface area contributed by atoms with Gasteiger partial charge in [-0.25, -0.2) is 0 Å². The average Bonchev–Trinajstić information content (AvgIpc) is 2.36. The zero-order valence-corrected chi connectivity index (χ0v) is 12.5. The van der Waals surface area contributed by atoms with Gasteiger partial charge in [0.2, 0.25) is 0 Å². The Balaban J connectivity index is 2.30. The van der Waals surface area contributed by atoms with Crippen molar-refractivity contribution in [1.29, 1.82) is 0 Å². The molecular formula is C14H12BrClN2O. The maximum Gasteiger partial charge on any atom is 0.256 e. The highest BCUT2D eigenvalue weighted by atomic mass is 79.9. The van der Waals surface area contributed by atoms with Crippen LogP contribution in [-0.2, 0) is 0 Å². The fourth-order valence-electron chi connectivity index (χ4n) is 1.67. The number of amides is 1. The van der Waals surface area contributed by atoms with Gasteiger partial charge in [0.25, 0.3) is 5.91 Å². The Labute approximate surface area is 124 Å². The molecule has 3 nitrogen and oxygen atoms in total. The van der Waals surface area contributed by atoms with E-state index in [1.807, 2.05) is 19.1 Å². The van der Waals surface area contributed by atoms with Crippen LogP contribution in [0.4, 0.5) is 11.4 Å². The summed E-state index contributed by atoms with van der Waals surface area (Å²) in [6, 6.07) is 10.5. The molecule has 5 heteroatoms. The average molecular weight is 340 g/mol. The minimum Gasteiger partial charge on any atom is -0.397 e. The quantitative estimate of drug-likeness (QED) is 0.804. The number of halogens is 2. The normalized spacial score (nSPS) is 10.3. The summed E-state index contributed by atoms with van der Waals surface area (Å²) in [5, 5.41) is 3.29. The Morgan fingerprint density at radius 1 is 1.26 bits per heavy atom. The number of hydrogen-bond donors (Lipinski definition) is 2. The molecule has 0 fully saturated rings. The van der Waals surface area contributed by atoms with Gasteiger partial charge in [0, 0.05) is 15.1 Å². The lowest BCUT2D eigenvalue weighted by Crippen LogP contribution is -2.14. The molecule has 0 heterocycles. The molecule has 0 aliphatic rings. The predicted molar refractivity (Wildman–Crippen MR) is 82.7 cm³/mol. The molecule has 0 saturated carbocycles. The predicted octanol–water partition coefficient (Wildman–Crippen LogP) is 4.25. The summed E-state index contributed by atoms with van der Waals surface area (Å²) in [5.41, 5.74) is 8.27. The molecule has 0 saturated heterocycles. The van der Waals surface area contributed by atoms with E-state index in [4.69, 9.17) is 17.3 Å². The van der Waals surface area contributed by atoms with Crippen molar-refractivity contribution >= 4 is 44.8 Å². The number of hydrogen-bond acceptors (Lipinski definition) is 2. The summed E-state index contributed by atoms with van der Waals surface area (Å²) < 4.78 is 0.849. The molecule has 0 bridgehead atoms. The second-order valence-corrected chi connectivity index (χ2v) is 5.50. The SMILES string of the molecule is Cc1ccc(Br)cc1C(=O)Nc1cc(Cl)ccc1N. The summed E-state index contributed by atoms with van der Waals surface area (Å²) in [6.07, 6.45) is 0. The summed E-state index contributed by atoms with van der Waals surface area (Å²) >= 11 is 9.24.